The molecule has 1 unspecified atom stereocenters. The minimum absolute atomic E-state index is 0.0589. The monoisotopic (exact) mass is 429 g/mol. The van der Waals surface area contributed by atoms with Crippen LogP contribution >= 0.6 is 0 Å². The van der Waals surface area contributed by atoms with Crippen LogP contribution in [-0.4, -0.2) is 42.3 Å². The number of carbonyl (C=O) groups is 3. The third kappa shape index (κ3) is 5.32. The third-order valence-corrected chi connectivity index (χ3v) is 5.85. The number of likely N-dealkylation sites (tertiary alicyclic amines) is 1. The predicted octanol–water partition coefficient (Wildman–Crippen LogP) is 3.38. The molecule has 0 saturated carbocycles. The largest absolute Gasteiger partial charge is 0.347 e. The molecule has 6 nitrogen and oxygen atoms in total. The molecule has 0 bridgehead atoms. The Balaban J connectivity index is 1.28. The van der Waals surface area contributed by atoms with E-state index in [4.69, 9.17) is 0 Å². The highest BCUT2D eigenvalue weighted by atomic mass is 16.2. The first-order valence-corrected chi connectivity index (χ1v) is 11.0. The van der Waals surface area contributed by atoms with Gasteiger partial charge < -0.3 is 15.5 Å². The summed E-state index contributed by atoms with van der Waals surface area (Å²) >= 11 is 0. The second-order valence-electron chi connectivity index (χ2n) is 8.13. The molecule has 1 atom stereocenters. The molecular formula is C26H27N3O3. The molecule has 164 valence electrons. The van der Waals surface area contributed by atoms with Crippen molar-refractivity contribution in [2.24, 2.45) is 5.92 Å². The summed E-state index contributed by atoms with van der Waals surface area (Å²) in [5, 5.41) is 7.79. The molecule has 2 N–H and O–H groups in total. The van der Waals surface area contributed by atoms with Crippen molar-refractivity contribution in [2.45, 2.75) is 19.3 Å². The van der Waals surface area contributed by atoms with Crippen molar-refractivity contribution in [3.63, 3.8) is 0 Å². The van der Waals surface area contributed by atoms with Crippen LogP contribution in [0.4, 0.5) is 5.69 Å². The van der Waals surface area contributed by atoms with Crippen LogP contribution in [0.5, 0.6) is 0 Å². The summed E-state index contributed by atoms with van der Waals surface area (Å²) in [7, 11) is 0. The van der Waals surface area contributed by atoms with Crippen molar-refractivity contribution >= 4 is 34.2 Å². The van der Waals surface area contributed by atoms with Crippen LogP contribution in [0.25, 0.3) is 10.8 Å². The molecule has 4 rings (SSSR count). The molecule has 32 heavy (non-hydrogen) atoms. The number of benzene rings is 3. The predicted molar refractivity (Wildman–Crippen MR) is 125 cm³/mol. The number of carbonyl (C=O) groups excluding carboxylic acids is 3. The first-order chi connectivity index (χ1) is 15.6. The number of fused-ring (bicyclic) bond motifs is 1. The number of rotatable bonds is 6. The maximum atomic E-state index is 12.7. The summed E-state index contributed by atoms with van der Waals surface area (Å²) in [6, 6.07) is 23.1. The number of hydrogen-bond acceptors (Lipinski definition) is 3. The summed E-state index contributed by atoms with van der Waals surface area (Å²) in [6.45, 7) is 0.917. The Morgan fingerprint density at radius 2 is 1.66 bits per heavy atom. The highest BCUT2D eigenvalue weighted by Crippen LogP contribution is 2.20. The third-order valence-electron chi connectivity index (χ3n) is 5.85. The van der Waals surface area contributed by atoms with Gasteiger partial charge in [-0.25, -0.2) is 0 Å². The first kappa shape index (κ1) is 21.6. The van der Waals surface area contributed by atoms with Crippen molar-refractivity contribution < 1.29 is 14.4 Å². The smallest absolute Gasteiger partial charge is 0.241 e. The summed E-state index contributed by atoms with van der Waals surface area (Å²) in [5.74, 6) is -0.674. The molecule has 3 aromatic carbocycles. The van der Waals surface area contributed by atoms with Crippen molar-refractivity contribution in [3.8, 4) is 0 Å². The standard InChI is InChI=1S/C26H27N3O3/c30-24(16-20-10-6-9-19-8-4-5-14-23(19)20)27-17-25(31)29-15-7-11-21(18-29)26(32)28-22-12-2-1-3-13-22/h1-6,8-10,12-14,21H,7,11,15-18H2,(H,27,30)(H,28,32). The number of piperidine rings is 1. The van der Waals surface area contributed by atoms with Crippen LogP contribution in [-0.2, 0) is 20.8 Å². The van der Waals surface area contributed by atoms with Crippen LogP contribution < -0.4 is 10.6 Å². The molecule has 1 heterocycles. The molecule has 1 saturated heterocycles. The summed E-state index contributed by atoms with van der Waals surface area (Å²) < 4.78 is 0. The maximum Gasteiger partial charge on any atom is 0.241 e. The SMILES string of the molecule is O=C(Cc1cccc2ccccc12)NCC(=O)N1CCCC(C(=O)Nc2ccccc2)C1. The Morgan fingerprint density at radius 1 is 0.906 bits per heavy atom. The molecular weight excluding hydrogens is 402 g/mol. The molecule has 0 aliphatic carbocycles. The fraction of sp³-hybridized carbons (Fsp3) is 0.269. The quantitative estimate of drug-likeness (QED) is 0.631. The topological polar surface area (TPSA) is 78.5 Å². The average molecular weight is 430 g/mol. The normalized spacial score (nSPS) is 15.9. The van der Waals surface area contributed by atoms with E-state index in [1.807, 2.05) is 72.8 Å². The molecule has 1 aliphatic heterocycles. The Labute approximate surface area is 187 Å². The number of hydrogen-bond donors (Lipinski definition) is 2. The highest BCUT2D eigenvalue weighted by Gasteiger charge is 2.28. The molecule has 0 radical (unpaired) electrons. The van der Waals surface area contributed by atoms with Crippen LogP contribution in [0.2, 0.25) is 0 Å². The highest BCUT2D eigenvalue weighted by molar-refractivity contribution is 5.94. The number of amides is 3. The summed E-state index contributed by atoms with van der Waals surface area (Å²) in [6.07, 6.45) is 1.73. The molecule has 0 aromatic heterocycles. The Bertz CT molecular complexity index is 1110. The van der Waals surface area contributed by atoms with Crippen molar-refractivity contribution in [2.75, 3.05) is 25.0 Å². The average Bonchev–Trinajstić information content (AvgIpc) is 2.83. The molecule has 6 heteroatoms. The van der Waals surface area contributed by atoms with Gasteiger partial charge in [0.1, 0.15) is 0 Å². The fourth-order valence-electron chi connectivity index (χ4n) is 4.15. The number of nitrogens with one attached hydrogen (secondary N) is 2. The Hall–Kier alpha value is -3.67. The van der Waals surface area contributed by atoms with E-state index >= 15 is 0 Å². The van der Waals surface area contributed by atoms with E-state index in [0.717, 1.165) is 34.9 Å². The number of nitrogens with zero attached hydrogens (tertiary/aromatic N) is 1. The lowest BCUT2D eigenvalue weighted by molar-refractivity contribution is -0.135. The molecule has 0 spiro atoms. The second-order valence-corrected chi connectivity index (χ2v) is 8.13. The van der Waals surface area contributed by atoms with Crippen molar-refractivity contribution in [1.82, 2.24) is 10.2 Å². The van der Waals surface area contributed by atoms with E-state index in [9.17, 15) is 14.4 Å². The van der Waals surface area contributed by atoms with Gasteiger partial charge in [-0.15, -0.1) is 0 Å². The van der Waals surface area contributed by atoms with Crippen LogP contribution in [0.3, 0.4) is 0 Å². The van der Waals surface area contributed by atoms with Gasteiger partial charge in [-0.1, -0.05) is 60.7 Å². The van der Waals surface area contributed by atoms with Gasteiger partial charge >= 0.3 is 0 Å². The molecule has 3 aromatic rings. The zero-order chi connectivity index (χ0) is 22.3. The van der Waals surface area contributed by atoms with E-state index in [1.54, 1.807) is 4.90 Å². The summed E-state index contributed by atoms with van der Waals surface area (Å²) in [4.78, 5) is 39.4. The summed E-state index contributed by atoms with van der Waals surface area (Å²) in [5.41, 5.74) is 1.69. The fourth-order valence-corrected chi connectivity index (χ4v) is 4.15. The van der Waals surface area contributed by atoms with E-state index in [0.29, 0.717) is 13.1 Å². The van der Waals surface area contributed by atoms with E-state index in [-0.39, 0.29) is 36.6 Å². The van der Waals surface area contributed by atoms with E-state index < -0.39 is 0 Å². The van der Waals surface area contributed by atoms with Gasteiger partial charge in [0, 0.05) is 18.8 Å². The van der Waals surface area contributed by atoms with Crippen molar-refractivity contribution in [3.05, 3.63) is 78.4 Å². The Morgan fingerprint density at radius 3 is 2.50 bits per heavy atom. The zero-order valence-corrected chi connectivity index (χ0v) is 17.9. The van der Waals surface area contributed by atoms with Gasteiger partial charge in [0.15, 0.2) is 0 Å². The minimum atomic E-state index is -0.251. The second kappa shape index (κ2) is 10.1. The minimum Gasteiger partial charge on any atom is -0.347 e. The van der Waals surface area contributed by atoms with Crippen LogP contribution in [0.15, 0.2) is 72.8 Å². The molecule has 1 aliphatic rings. The van der Waals surface area contributed by atoms with E-state index in [2.05, 4.69) is 10.6 Å². The van der Waals surface area contributed by atoms with Gasteiger partial charge in [0.2, 0.25) is 17.7 Å². The molecule has 1 fully saturated rings. The lowest BCUT2D eigenvalue weighted by Gasteiger charge is -2.32. The zero-order valence-electron chi connectivity index (χ0n) is 17.9. The van der Waals surface area contributed by atoms with Gasteiger partial charge in [0.05, 0.1) is 18.9 Å². The van der Waals surface area contributed by atoms with Crippen LogP contribution in [0, 0.1) is 5.92 Å². The maximum absolute atomic E-state index is 12.7. The van der Waals surface area contributed by atoms with Gasteiger partial charge in [-0.05, 0) is 41.3 Å². The lowest BCUT2D eigenvalue weighted by atomic mass is 9.97. The molecule has 3 amide bonds. The Kier molecular flexibility index (Phi) is 6.80. The lowest BCUT2D eigenvalue weighted by Crippen LogP contribution is -2.47. The van der Waals surface area contributed by atoms with Crippen LogP contribution in [0.1, 0.15) is 18.4 Å². The van der Waals surface area contributed by atoms with Gasteiger partial charge in [-0.3, -0.25) is 14.4 Å². The number of anilines is 1. The van der Waals surface area contributed by atoms with Gasteiger partial charge in [-0.2, -0.15) is 0 Å². The van der Waals surface area contributed by atoms with Crippen molar-refractivity contribution in [1.29, 1.82) is 0 Å². The van der Waals surface area contributed by atoms with E-state index in [1.165, 1.54) is 0 Å². The first-order valence-electron chi connectivity index (χ1n) is 11.0. The number of para-hydroxylation sites is 1. The van der Waals surface area contributed by atoms with Gasteiger partial charge in [0.25, 0.3) is 0 Å².